The molecule has 5 rings (SSSR count). The highest BCUT2D eigenvalue weighted by Gasteiger charge is 2.51. The second-order valence-corrected chi connectivity index (χ2v) is 9.26. The molecule has 1 N–H and O–H groups in total. The largest absolute Gasteiger partial charge is 0.417 e. The van der Waals surface area contributed by atoms with E-state index in [4.69, 9.17) is 9.47 Å². The number of pyridine rings is 1. The Labute approximate surface area is 175 Å². The molecule has 0 radical (unpaired) electrons. The maximum Gasteiger partial charge on any atom is 0.417 e. The van der Waals surface area contributed by atoms with Gasteiger partial charge in [0.2, 0.25) is 0 Å². The average Bonchev–Trinajstić information content (AvgIpc) is 3.25. The number of nitrogens with zero attached hydrogens (tertiary/aromatic N) is 2. The molecule has 3 aliphatic rings. The van der Waals surface area contributed by atoms with Crippen LogP contribution in [-0.2, 0) is 15.7 Å². The van der Waals surface area contributed by atoms with Gasteiger partial charge >= 0.3 is 6.18 Å². The van der Waals surface area contributed by atoms with Crippen LogP contribution in [0.3, 0.4) is 0 Å². The summed E-state index contributed by atoms with van der Waals surface area (Å²) in [5.41, 5.74) is -0.905. The Kier molecular flexibility index (Phi) is 4.71. The van der Waals surface area contributed by atoms with Gasteiger partial charge in [-0.3, -0.25) is 4.79 Å². The molecule has 1 aliphatic carbocycles. The summed E-state index contributed by atoms with van der Waals surface area (Å²) in [6, 6.07) is 1.08. The zero-order chi connectivity index (χ0) is 21.1. The molecule has 3 fully saturated rings. The van der Waals surface area contributed by atoms with Crippen LogP contribution in [0.25, 0.3) is 10.2 Å². The molecule has 2 aromatic heterocycles. The van der Waals surface area contributed by atoms with Gasteiger partial charge in [-0.2, -0.15) is 13.2 Å². The predicted molar refractivity (Wildman–Crippen MR) is 106 cm³/mol. The predicted octanol–water partition coefficient (Wildman–Crippen LogP) is 3.45. The van der Waals surface area contributed by atoms with E-state index < -0.39 is 17.6 Å². The third-order valence-corrected chi connectivity index (χ3v) is 7.01. The number of carbonyl (C=O) groups is 1. The fraction of sp³-hybridized carbons (Fsp3) is 0.600. The number of rotatable bonds is 5. The molecule has 2 aromatic rings. The van der Waals surface area contributed by atoms with Crippen LogP contribution in [-0.4, -0.2) is 55.9 Å². The van der Waals surface area contributed by atoms with Crippen molar-refractivity contribution in [1.29, 1.82) is 0 Å². The summed E-state index contributed by atoms with van der Waals surface area (Å²) in [6.45, 7) is 2.21. The number of hydrogen-bond acceptors (Lipinski definition) is 6. The molecule has 1 spiro atoms. The lowest BCUT2D eigenvalue weighted by Gasteiger charge is -2.47. The number of carbonyl (C=O) groups excluding carboxylic acids is 1. The first-order chi connectivity index (χ1) is 14.3. The number of halogens is 3. The van der Waals surface area contributed by atoms with Crippen LogP contribution in [0.15, 0.2) is 11.4 Å². The number of alkyl halides is 3. The van der Waals surface area contributed by atoms with Gasteiger partial charge in [0.1, 0.15) is 11.4 Å². The van der Waals surface area contributed by atoms with Gasteiger partial charge in [-0.1, -0.05) is 0 Å². The number of ether oxygens (including phenoxy) is 2. The summed E-state index contributed by atoms with van der Waals surface area (Å²) in [5, 5.41) is 3.89. The van der Waals surface area contributed by atoms with Crippen LogP contribution < -0.4 is 10.2 Å². The second-order valence-electron chi connectivity index (χ2n) is 8.38. The number of amides is 1. The van der Waals surface area contributed by atoms with Crippen molar-refractivity contribution in [2.24, 2.45) is 5.92 Å². The standard InChI is InChI=1S/C20H22F3N3O3S/c1-24-18(27)13-8-30-17-14(20(21,22)23)4-15(25-16(13)17)26-9-19(10-26)5-12(7-29-19)28-6-11-2-3-11/h4,8,11-12H,2-3,5-7,9-10H2,1H3,(H,24,27). The van der Waals surface area contributed by atoms with E-state index in [9.17, 15) is 18.0 Å². The van der Waals surface area contributed by atoms with Gasteiger partial charge in [-0.15, -0.1) is 11.3 Å². The van der Waals surface area contributed by atoms with E-state index in [0.29, 0.717) is 25.6 Å². The van der Waals surface area contributed by atoms with E-state index in [1.807, 2.05) is 0 Å². The molecule has 4 heterocycles. The zero-order valence-electron chi connectivity index (χ0n) is 16.4. The molecule has 30 heavy (non-hydrogen) atoms. The molecule has 1 saturated carbocycles. The van der Waals surface area contributed by atoms with Gasteiger partial charge in [0.25, 0.3) is 5.91 Å². The Bertz CT molecular complexity index is 983. The molecule has 2 saturated heterocycles. The number of thiophene rings is 1. The maximum absolute atomic E-state index is 13.7. The van der Waals surface area contributed by atoms with Crippen molar-refractivity contribution in [3.63, 3.8) is 0 Å². The summed E-state index contributed by atoms with van der Waals surface area (Å²) >= 11 is 0.886. The van der Waals surface area contributed by atoms with Crippen LogP contribution in [0.1, 0.15) is 35.2 Å². The minimum absolute atomic E-state index is 0.0225. The van der Waals surface area contributed by atoms with Gasteiger partial charge in [0, 0.05) is 25.5 Å². The topological polar surface area (TPSA) is 63.7 Å². The van der Waals surface area contributed by atoms with E-state index in [-0.39, 0.29) is 33.3 Å². The molecule has 1 amide bonds. The van der Waals surface area contributed by atoms with E-state index >= 15 is 0 Å². The molecule has 2 aliphatic heterocycles. The summed E-state index contributed by atoms with van der Waals surface area (Å²) in [4.78, 5) is 18.3. The lowest BCUT2D eigenvalue weighted by molar-refractivity contribution is -0.136. The fourth-order valence-electron chi connectivity index (χ4n) is 4.16. The number of nitrogens with one attached hydrogen (secondary N) is 1. The Balaban J connectivity index is 1.38. The number of aromatic nitrogens is 1. The van der Waals surface area contributed by atoms with Gasteiger partial charge in [-0.05, 0) is 24.8 Å². The molecule has 162 valence electrons. The van der Waals surface area contributed by atoms with E-state index in [1.165, 1.54) is 25.3 Å². The fourth-order valence-corrected chi connectivity index (χ4v) is 5.18. The van der Waals surface area contributed by atoms with Crippen molar-refractivity contribution in [2.45, 2.75) is 37.1 Å². The summed E-state index contributed by atoms with van der Waals surface area (Å²) < 4.78 is 52.9. The van der Waals surface area contributed by atoms with E-state index in [1.54, 1.807) is 4.90 Å². The first-order valence-electron chi connectivity index (χ1n) is 10.00. The SMILES string of the molecule is CNC(=O)c1csc2c(C(F)(F)F)cc(N3CC4(CC(OCC5CC5)CO4)C3)nc12. The van der Waals surface area contributed by atoms with Crippen LogP contribution in [0, 0.1) is 5.92 Å². The average molecular weight is 441 g/mol. The van der Waals surface area contributed by atoms with Crippen molar-refractivity contribution in [3.05, 3.63) is 22.6 Å². The van der Waals surface area contributed by atoms with Gasteiger partial charge in [0.05, 0.1) is 47.1 Å². The van der Waals surface area contributed by atoms with Crippen molar-refractivity contribution >= 4 is 33.3 Å². The summed E-state index contributed by atoms with van der Waals surface area (Å²) in [5.74, 6) is 0.445. The first kappa shape index (κ1) is 20.0. The molecular formula is C20H22F3N3O3S. The Morgan fingerprint density at radius 1 is 1.43 bits per heavy atom. The lowest BCUT2D eigenvalue weighted by Crippen LogP contribution is -2.62. The summed E-state index contributed by atoms with van der Waals surface area (Å²) in [7, 11) is 1.44. The smallest absolute Gasteiger partial charge is 0.375 e. The molecule has 10 heteroatoms. The maximum atomic E-state index is 13.7. The second kappa shape index (κ2) is 7.06. The Morgan fingerprint density at radius 3 is 2.87 bits per heavy atom. The molecule has 1 unspecified atom stereocenters. The van der Waals surface area contributed by atoms with Crippen molar-refractivity contribution in [2.75, 3.05) is 38.3 Å². The minimum Gasteiger partial charge on any atom is -0.375 e. The first-order valence-corrected chi connectivity index (χ1v) is 10.9. The molecule has 6 nitrogen and oxygen atoms in total. The lowest BCUT2D eigenvalue weighted by atomic mass is 9.90. The minimum atomic E-state index is -4.53. The molecular weight excluding hydrogens is 419 g/mol. The molecule has 0 bridgehead atoms. The van der Waals surface area contributed by atoms with Crippen LogP contribution in [0.4, 0.5) is 19.0 Å². The van der Waals surface area contributed by atoms with Crippen LogP contribution >= 0.6 is 11.3 Å². The van der Waals surface area contributed by atoms with E-state index in [0.717, 1.165) is 30.4 Å². The van der Waals surface area contributed by atoms with Gasteiger partial charge < -0.3 is 19.7 Å². The summed E-state index contributed by atoms with van der Waals surface area (Å²) in [6.07, 6.45) is -1.29. The Morgan fingerprint density at radius 2 is 2.20 bits per heavy atom. The highest BCUT2D eigenvalue weighted by atomic mass is 32.1. The number of fused-ring (bicyclic) bond motifs is 1. The third kappa shape index (κ3) is 3.54. The van der Waals surface area contributed by atoms with Crippen LogP contribution in [0.2, 0.25) is 0 Å². The van der Waals surface area contributed by atoms with Gasteiger partial charge in [0.15, 0.2) is 0 Å². The number of anilines is 1. The number of hydrogen-bond donors (Lipinski definition) is 1. The molecule has 1 atom stereocenters. The zero-order valence-corrected chi connectivity index (χ0v) is 17.2. The van der Waals surface area contributed by atoms with Crippen molar-refractivity contribution in [1.82, 2.24) is 10.3 Å². The normalized spacial score (nSPS) is 23.2. The van der Waals surface area contributed by atoms with Crippen molar-refractivity contribution in [3.8, 4) is 0 Å². The van der Waals surface area contributed by atoms with Gasteiger partial charge in [-0.25, -0.2) is 4.98 Å². The highest BCUT2D eigenvalue weighted by molar-refractivity contribution is 7.17. The third-order valence-electron chi connectivity index (χ3n) is 6.01. The quantitative estimate of drug-likeness (QED) is 0.770. The monoisotopic (exact) mass is 441 g/mol. The van der Waals surface area contributed by atoms with E-state index in [2.05, 4.69) is 10.3 Å². The van der Waals surface area contributed by atoms with Crippen LogP contribution in [0.5, 0.6) is 0 Å². The Hall–Kier alpha value is -1.91. The highest BCUT2D eigenvalue weighted by Crippen LogP contribution is 2.43. The molecule has 0 aromatic carbocycles. The van der Waals surface area contributed by atoms with Crippen molar-refractivity contribution < 1.29 is 27.4 Å².